The van der Waals surface area contributed by atoms with Crippen molar-refractivity contribution in [3.05, 3.63) is 0 Å². The van der Waals surface area contributed by atoms with E-state index >= 15 is 0 Å². The monoisotopic (exact) mass is 759 g/mol. The number of Topliss-reactive ketones (excluding diaryl/α,β-unsaturated/α-hetero) is 7. The van der Waals surface area contributed by atoms with E-state index in [4.69, 9.17) is 0 Å². The third-order valence-electron chi connectivity index (χ3n) is 2.01. The van der Waals surface area contributed by atoms with Crippen LogP contribution in [0.3, 0.4) is 0 Å². The van der Waals surface area contributed by atoms with Crippen LogP contribution in [0.4, 0.5) is 0 Å². The molecule has 0 saturated heterocycles. The van der Waals surface area contributed by atoms with Gasteiger partial charge < -0.3 is 69.3 Å². The first kappa shape index (κ1) is 62.8. The molecule has 0 heterocycles. The standard InChI is InChI=1S/7C3H4O3.Ru.Ti/c7*1-2(4)3(5)6;;/h7*1H3,(H,5,6);;/q;;;;;;;+3;+4/p-7. The van der Waals surface area contributed by atoms with E-state index in [-0.39, 0.29) is 41.2 Å². The van der Waals surface area contributed by atoms with E-state index in [0.717, 1.165) is 48.5 Å². The van der Waals surface area contributed by atoms with Gasteiger partial charge in [0.15, 0.2) is 40.5 Å². The molecular formula is C21H21O21RuTi. The second kappa shape index (κ2) is 38.3. The Morgan fingerprint density at radius 2 is 0.273 bits per heavy atom. The van der Waals surface area contributed by atoms with Crippen LogP contribution in [-0.2, 0) is 108 Å². The van der Waals surface area contributed by atoms with E-state index in [0.29, 0.717) is 0 Å². The molecule has 0 aliphatic heterocycles. The van der Waals surface area contributed by atoms with Crippen LogP contribution in [-0.4, -0.2) is 82.3 Å². The maximum absolute atomic E-state index is 9.48. The Balaban J connectivity index is -0.0000000461. The Labute approximate surface area is 274 Å². The first-order valence-corrected chi connectivity index (χ1v) is 9.54. The number of carboxylic acids is 7. The molecule has 0 fully saturated rings. The fraction of sp³-hybridized carbons (Fsp3) is 0.333. The number of aliphatic carboxylic acids is 7. The summed E-state index contributed by atoms with van der Waals surface area (Å²) in [7, 11) is 0. The second-order valence-corrected chi connectivity index (χ2v) is 5.91. The van der Waals surface area contributed by atoms with E-state index in [1.165, 1.54) is 0 Å². The molecule has 0 saturated carbocycles. The molecule has 0 N–H and O–H groups in total. The zero-order chi connectivity index (χ0) is 36.1. The normalized spacial score (nSPS) is 7.16. The average molecular weight is 758 g/mol. The van der Waals surface area contributed by atoms with E-state index < -0.39 is 82.3 Å². The van der Waals surface area contributed by atoms with E-state index in [2.05, 4.69) is 0 Å². The van der Waals surface area contributed by atoms with Crippen molar-refractivity contribution in [3.8, 4) is 0 Å². The molecule has 0 rings (SSSR count). The summed E-state index contributed by atoms with van der Waals surface area (Å²) in [6.45, 7) is 6.58. The molecule has 0 aromatic rings. The maximum atomic E-state index is 9.48. The van der Waals surface area contributed by atoms with Gasteiger partial charge in [-0.1, -0.05) is 0 Å². The number of ketones is 7. The van der Waals surface area contributed by atoms with Crippen molar-refractivity contribution in [1.29, 1.82) is 0 Å². The molecule has 0 unspecified atom stereocenters. The van der Waals surface area contributed by atoms with Gasteiger partial charge in [0, 0.05) is 48.5 Å². The van der Waals surface area contributed by atoms with Crippen LogP contribution < -0.4 is 35.7 Å². The fourth-order valence-corrected chi connectivity index (χ4v) is 0. The first-order valence-electron chi connectivity index (χ1n) is 9.54. The molecule has 0 atom stereocenters. The third kappa shape index (κ3) is 90.5. The van der Waals surface area contributed by atoms with Crippen LogP contribution in [0.5, 0.6) is 0 Å². The van der Waals surface area contributed by atoms with Gasteiger partial charge in [-0.2, -0.15) is 0 Å². The van der Waals surface area contributed by atoms with Crippen molar-refractivity contribution in [2.75, 3.05) is 0 Å². The molecule has 243 valence electrons. The molecule has 1 radical (unpaired) electrons. The number of hydrogen-bond donors (Lipinski definition) is 0. The Kier molecular flexibility index (Phi) is 54.7. The predicted molar refractivity (Wildman–Crippen MR) is 110 cm³/mol. The van der Waals surface area contributed by atoms with Crippen LogP contribution in [0.15, 0.2) is 0 Å². The molecule has 0 aliphatic rings. The number of rotatable bonds is 7. The van der Waals surface area contributed by atoms with Gasteiger partial charge >= 0.3 is 41.2 Å². The van der Waals surface area contributed by atoms with Crippen LogP contribution in [0.2, 0.25) is 0 Å². The summed E-state index contributed by atoms with van der Waals surface area (Å²) in [6, 6.07) is 0. The summed E-state index contributed by atoms with van der Waals surface area (Å²) < 4.78 is 0. The minimum absolute atomic E-state index is 0. The van der Waals surface area contributed by atoms with Gasteiger partial charge in [0.05, 0.1) is 0 Å². The van der Waals surface area contributed by atoms with Crippen molar-refractivity contribution < 1.29 is 144 Å². The van der Waals surface area contributed by atoms with E-state index in [1.54, 1.807) is 0 Å². The molecular weight excluding hydrogens is 737 g/mol. The number of carboxylic acid groups (broad SMARTS) is 7. The number of hydrogen-bond acceptors (Lipinski definition) is 21. The van der Waals surface area contributed by atoms with Gasteiger partial charge in [-0.05, 0) is 0 Å². The second-order valence-electron chi connectivity index (χ2n) is 5.91. The summed E-state index contributed by atoms with van der Waals surface area (Å²) in [6.07, 6.45) is 0. The molecule has 0 aromatic heterocycles. The molecule has 0 bridgehead atoms. The minimum atomic E-state index is -1.63. The largest absolute Gasteiger partial charge is 4.00 e. The van der Waals surface area contributed by atoms with E-state index in [9.17, 15) is 103 Å². The van der Waals surface area contributed by atoms with Gasteiger partial charge in [0.2, 0.25) is 0 Å². The average Bonchev–Trinajstić information content (AvgIpc) is 2.80. The Morgan fingerprint density at radius 1 is 0.250 bits per heavy atom. The molecule has 21 nitrogen and oxygen atoms in total. The first-order chi connectivity index (χ1) is 18.5. The minimum Gasteiger partial charge on any atom is -0.542 e. The van der Waals surface area contributed by atoms with Gasteiger partial charge in [-0.25, -0.2) is 0 Å². The molecule has 44 heavy (non-hydrogen) atoms. The predicted octanol–water partition coefficient (Wildman–Crippen LogP) is -11.7. The van der Waals surface area contributed by atoms with Gasteiger partial charge in [0.1, 0.15) is 41.8 Å². The number of carbonyl (C=O) groups is 14. The summed E-state index contributed by atoms with van der Waals surface area (Å²) in [5.74, 6) is -18.0. The molecule has 0 aromatic carbocycles. The van der Waals surface area contributed by atoms with Crippen LogP contribution in [0.1, 0.15) is 48.5 Å². The Bertz CT molecular complexity index is 754. The molecule has 0 aliphatic carbocycles. The maximum Gasteiger partial charge on any atom is 4.00 e. The van der Waals surface area contributed by atoms with Crippen LogP contribution in [0, 0.1) is 0 Å². The van der Waals surface area contributed by atoms with Crippen LogP contribution in [0.25, 0.3) is 0 Å². The summed E-state index contributed by atoms with van der Waals surface area (Å²) in [5, 5.41) is 64.7. The zero-order valence-electron chi connectivity index (χ0n) is 23.4. The van der Waals surface area contributed by atoms with Gasteiger partial charge in [0.25, 0.3) is 0 Å². The quantitative estimate of drug-likeness (QED) is 0.172. The number of carbonyl (C=O) groups excluding carboxylic acids is 14. The molecule has 0 spiro atoms. The SMILES string of the molecule is CC(=O)C(=O)[O-].CC(=O)C(=O)[O-].CC(=O)C(=O)[O-].CC(=O)C(=O)[O-].CC(=O)C(=O)[O-].CC(=O)C(=O)[O-].CC(=O)C(=O)[O-].[Ru+3].[Ti+4]. The summed E-state index contributed by atoms with van der Waals surface area (Å²) >= 11 is 0. The van der Waals surface area contributed by atoms with Crippen molar-refractivity contribution in [2.24, 2.45) is 0 Å². The zero-order valence-corrected chi connectivity index (χ0v) is 26.7. The van der Waals surface area contributed by atoms with Crippen LogP contribution >= 0.6 is 0 Å². The van der Waals surface area contributed by atoms with Gasteiger partial charge in [-0.15, -0.1) is 0 Å². The third-order valence-corrected chi connectivity index (χ3v) is 2.01. The molecule has 23 heteroatoms. The Morgan fingerprint density at radius 3 is 0.273 bits per heavy atom. The van der Waals surface area contributed by atoms with Crippen molar-refractivity contribution in [3.63, 3.8) is 0 Å². The molecule has 0 amide bonds. The van der Waals surface area contributed by atoms with E-state index in [1.807, 2.05) is 0 Å². The van der Waals surface area contributed by atoms with Crippen molar-refractivity contribution in [2.45, 2.75) is 48.5 Å². The van der Waals surface area contributed by atoms with Gasteiger partial charge in [-0.3, -0.25) is 33.6 Å². The van der Waals surface area contributed by atoms with Crippen molar-refractivity contribution >= 4 is 82.3 Å². The van der Waals surface area contributed by atoms with Crippen molar-refractivity contribution in [1.82, 2.24) is 0 Å². The summed E-state index contributed by atoms with van der Waals surface area (Å²) in [5.41, 5.74) is 0. The summed E-state index contributed by atoms with van der Waals surface area (Å²) in [4.78, 5) is 131. The smallest absolute Gasteiger partial charge is 0.542 e. The topological polar surface area (TPSA) is 400 Å². The fourth-order valence-electron chi connectivity index (χ4n) is 0. The Hall–Kier alpha value is -4.68.